The average molecular weight is 402 g/mol. The Labute approximate surface area is 169 Å². The maximum absolute atomic E-state index is 12.3. The van der Waals surface area contributed by atoms with E-state index in [1.165, 1.54) is 31.0 Å². The van der Waals surface area contributed by atoms with Crippen molar-refractivity contribution < 1.29 is 4.79 Å². The van der Waals surface area contributed by atoms with E-state index in [0.29, 0.717) is 10.8 Å². The van der Waals surface area contributed by atoms with Crippen LogP contribution in [-0.2, 0) is 11.3 Å². The number of carbonyl (C=O) groups is 1. The molecule has 142 valence electrons. The number of benzene rings is 2. The first-order valence-electron chi connectivity index (χ1n) is 9.31. The van der Waals surface area contributed by atoms with Crippen molar-refractivity contribution in [3.05, 3.63) is 53.6 Å². The number of carbonyl (C=O) groups excluding carboxylic acids is 1. The van der Waals surface area contributed by atoms with Crippen molar-refractivity contribution in [2.24, 2.45) is 0 Å². The number of thioether (sulfide) groups is 1. The van der Waals surface area contributed by atoms with Crippen LogP contribution in [0.25, 0.3) is 11.0 Å². The number of rotatable bonds is 9. The number of hydrogen-bond acceptors (Lipinski definition) is 3. The largest absolute Gasteiger partial charge is 0.325 e. The number of nitrogens with one attached hydrogen (secondary N) is 1. The van der Waals surface area contributed by atoms with E-state index in [9.17, 15) is 4.79 Å². The molecule has 0 radical (unpaired) electrons. The SMILES string of the molecule is CCCCCCn1c(SCC(=O)Nc2ccc(Cl)cc2)nc2ccccc21. The summed E-state index contributed by atoms with van der Waals surface area (Å²) < 4.78 is 2.24. The van der Waals surface area contributed by atoms with Crippen LogP contribution in [0.3, 0.4) is 0 Å². The third-order valence-corrected chi connectivity index (χ3v) is 5.54. The highest BCUT2D eigenvalue weighted by atomic mass is 35.5. The average Bonchev–Trinajstić information content (AvgIpc) is 3.03. The molecule has 0 saturated heterocycles. The van der Waals surface area contributed by atoms with Crippen molar-refractivity contribution in [1.29, 1.82) is 0 Å². The molecule has 0 aliphatic rings. The standard InChI is InChI=1S/C21H24ClN3OS/c1-2-3-4-7-14-25-19-9-6-5-8-18(19)24-21(25)27-15-20(26)23-17-12-10-16(22)11-13-17/h5-6,8-13H,2-4,7,14-15H2,1H3,(H,23,26). The monoisotopic (exact) mass is 401 g/mol. The molecule has 0 unspecified atom stereocenters. The predicted octanol–water partition coefficient (Wildman–Crippen LogP) is 6.00. The molecule has 0 spiro atoms. The predicted molar refractivity (Wildman–Crippen MR) is 115 cm³/mol. The fourth-order valence-electron chi connectivity index (χ4n) is 2.94. The first kappa shape index (κ1) is 19.8. The number of aromatic nitrogens is 2. The second-order valence-electron chi connectivity index (χ2n) is 6.44. The molecule has 0 fully saturated rings. The molecule has 2 aromatic carbocycles. The van der Waals surface area contributed by atoms with E-state index < -0.39 is 0 Å². The molecule has 0 aliphatic carbocycles. The van der Waals surface area contributed by atoms with Gasteiger partial charge in [-0.3, -0.25) is 4.79 Å². The number of amides is 1. The van der Waals surface area contributed by atoms with E-state index in [0.717, 1.165) is 34.8 Å². The van der Waals surface area contributed by atoms with E-state index in [-0.39, 0.29) is 5.91 Å². The minimum atomic E-state index is -0.0492. The van der Waals surface area contributed by atoms with Crippen LogP contribution in [0.15, 0.2) is 53.7 Å². The lowest BCUT2D eigenvalue weighted by Crippen LogP contribution is -2.14. The number of nitrogens with zero attached hydrogens (tertiary/aromatic N) is 2. The van der Waals surface area contributed by atoms with Crippen molar-refractivity contribution in [3.63, 3.8) is 0 Å². The van der Waals surface area contributed by atoms with Gasteiger partial charge in [-0.25, -0.2) is 4.98 Å². The molecule has 1 N–H and O–H groups in total. The van der Waals surface area contributed by atoms with Gasteiger partial charge < -0.3 is 9.88 Å². The lowest BCUT2D eigenvalue weighted by molar-refractivity contribution is -0.113. The van der Waals surface area contributed by atoms with Crippen LogP contribution < -0.4 is 5.32 Å². The number of halogens is 1. The smallest absolute Gasteiger partial charge is 0.234 e. The molecule has 1 aromatic heterocycles. The number of unbranched alkanes of at least 4 members (excludes halogenated alkanes) is 3. The third-order valence-electron chi connectivity index (χ3n) is 4.32. The molecule has 0 bridgehead atoms. The topological polar surface area (TPSA) is 46.9 Å². The van der Waals surface area contributed by atoms with Crippen molar-refractivity contribution in [2.45, 2.75) is 44.3 Å². The first-order chi connectivity index (χ1) is 13.2. The van der Waals surface area contributed by atoms with Gasteiger partial charge in [-0.2, -0.15) is 0 Å². The number of hydrogen-bond donors (Lipinski definition) is 1. The summed E-state index contributed by atoms with van der Waals surface area (Å²) in [4.78, 5) is 17.0. The van der Waals surface area contributed by atoms with Crippen LogP contribution in [0.4, 0.5) is 5.69 Å². The lowest BCUT2D eigenvalue weighted by atomic mass is 10.2. The van der Waals surface area contributed by atoms with Crippen LogP contribution in [0.5, 0.6) is 0 Å². The molecular formula is C21H24ClN3OS. The number of anilines is 1. The first-order valence-corrected chi connectivity index (χ1v) is 10.7. The minimum Gasteiger partial charge on any atom is -0.325 e. The summed E-state index contributed by atoms with van der Waals surface area (Å²) in [5, 5.41) is 4.45. The highest BCUT2D eigenvalue weighted by Crippen LogP contribution is 2.25. The summed E-state index contributed by atoms with van der Waals surface area (Å²) in [6.45, 7) is 3.15. The van der Waals surface area contributed by atoms with Gasteiger partial charge in [0.25, 0.3) is 0 Å². The van der Waals surface area contributed by atoms with Crippen LogP contribution >= 0.6 is 23.4 Å². The van der Waals surface area contributed by atoms with Crippen LogP contribution in [0.2, 0.25) is 5.02 Å². The van der Waals surface area contributed by atoms with Gasteiger partial charge in [-0.1, -0.05) is 61.7 Å². The quantitative estimate of drug-likeness (QED) is 0.353. The fraction of sp³-hybridized carbons (Fsp3) is 0.333. The van der Waals surface area contributed by atoms with Crippen LogP contribution in [0.1, 0.15) is 32.6 Å². The maximum Gasteiger partial charge on any atom is 0.234 e. The second-order valence-corrected chi connectivity index (χ2v) is 7.82. The van der Waals surface area contributed by atoms with Crippen molar-refractivity contribution in [3.8, 4) is 0 Å². The van der Waals surface area contributed by atoms with Gasteiger partial charge in [0.15, 0.2) is 5.16 Å². The number of imidazole rings is 1. The summed E-state index contributed by atoms with van der Waals surface area (Å²) in [6.07, 6.45) is 4.80. The summed E-state index contributed by atoms with van der Waals surface area (Å²) in [6, 6.07) is 15.3. The fourth-order valence-corrected chi connectivity index (χ4v) is 3.90. The van der Waals surface area contributed by atoms with Crippen molar-refractivity contribution in [1.82, 2.24) is 9.55 Å². The van der Waals surface area contributed by atoms with E-state index in [4.69, 9.17) is 16.6 Å². The van der Waals surface area contributed by atoms with Crippen molar-refractivity contribution in [2.75, 3.05) is 11.1 Å². The van der Waals surface area contributed by atoms with E-state index >= 15 is 0 Å². The maximum atomic E-state index is 12.3. The Hall–Kier alpha value is -1.98. The summed E-state index contributed by atoms with van der Waals surface area (Å²) >= 11 is 7.36. The lowest BCUT2D eigenvalue weighted by Gasteiger charge is -2.09. The summed E-state index contributed by atoms with van der Waals surface area (Å²) in [7, 11) is 0. The molecular weight excluding hydrogens is 378 g/mol. The van der Waals surface area contributed by atoms with Gasteiger partial charge >= 0.3 is 0 Å². The second kappa shape index (κ2) is 9.81. The van der Waals surface area contributed by atoms with Gasteiger partial charge in [0.2, 0.25) is 5.91 Å². The van der Waals surface area contributed by atoms with Gasteiger partial charge in [-0.05, 0) is 42.8 Å². The molecule has 3 rings (SSSR count). The molecule has 1 heterocycles. The molecule has 0 atom stereocenters. The van der Waals surface area contributed by atoms with Crippen molar-refractivity contribution >= 4 is 46.0 Å². The van der Waals surface area contributed by atoms with Gasteiger partial charge in [0, 0.05) is 17.3 Å². The molecule has 27 heavy (non-hydrogen) atoms. The van der Waals surface area contributed by atoms with Crippen LogP contribution in [-0.4, -0.2) is 21.2 Å². The number of aryl methyl sites for hydroxylation is 1. The zero-order valence-electron chi connectivity index (χ0n) is 15.5. The molecule has 4 nitrogen and oxygen atoms in total. The van der Waals surface area contributed by atoms with Crippen LogP contribution in [0, 0.1) is 0 Å². The Morgan fingerprint density at radius 2 is 1.89 bits per heavy atom. The Morgan fingerprint density at radius 1 is 1.11 bits per heavy atom. The Bertz CT molecular complexity index is 892. The zero-order chi connectivity index (χ0) is 19.1. The number of fused-ring (bicyclic) bond motifs is 1. The van der Waals surface area contributed by atoms with E-state index in [1.54, 1.807) is 24.3 Å². The minimum absolute atomic E-state index is 0.0492. The summed E-state index contributed by atoms with van der Waals surface area (Å²) in [5.74, 6) is 0.271. The third kappa shape index (κ3) is 5.50. The number of para-hydroxylation sites is 2. The normalized spacial score (nSPS) is 11.0. The highest BCUT2D eigenvalue weighted by molar-refractivity contribution is 7.99. The molecule has 0 saturated carbocycles. The van der Waals surface area contributed by atoms with E-state index in [1.807, 2.05) is 18.2 Å². The molecule has 0 aliphatic heterocycles. The van der Waals surface area contributed by atoms with Gasteiger partial charge in [0.1, 0.15) is 0 Å². The highest BCUT2D eigenvalue weighted by Gasteiger charge is 2.13. The van der Waals surface area contributed by atoms with Gasteiger partial charge in [-0.15, -0.1) is 0 Å². The molecule has 1 amide bonds. The van der Waals surface area contributed by atoms with Gasteiger partial charge in [0.05, 0.1) is 16.8 Å². The van der Waals surface area contributed by atoms with E-state index in [2.05, 4.69) is 22.9 Å². The Kier molecular flexibility index (Phi) is 7.18. The Balaban J connectivity index is 1.66. The molecule has 3 aromatic rings. The molecule has 6 heteroatoms. The zero-order valence-corrected chi connectivity index (χ0v) is 17.0. The summed E-state index contributed by atoms with van der Waals surface area (Å²) in [5.41, 5.74) is 2.86. The Morgan fingerprint density at radius 3 is 2.67 bits per heavy atom.